The van der Waals surface area contributed by atoms with Crippen LogP contribution in [0.15, 0.2) is 0 Å². The monoisotopic (exact) mass is 285 g/mol. The molecule has 0 aliphatic carbocycles. The Labute approximate surface area is 105 Å². The normalized spacial score (nSPS) is 12.0. The summed E-state index contributed by atoms with van der Waals surface area (Å²) >= 11 is 2.92. The predicted octanol–water partition coefficient (Wildman–Crippen LogP) is 3.05. The van der Waals surface area contributed by atoms with Crippen LogP contribution in [0.1, 0.15) is 20.8 Å². The molecule has 0 spiro atoms. The van der Waals surface area contributed by atoms with Gasteiger partial charge in [-0.15, -0.1) is 0 Å². The van der Waals surface area contributed by atoms with Crippen molar-refractivity contribution in [2.24, 2.45) is 0 Å². The molecule has 0 amide bonds. The Morgan fingerprint density at radius 1 is 1.25 bits per heavy atom. The zero-order chi connectivity index (χ0) is 12.6. The zero-order valence-corrected chi connectivity index (χ0v) is 12.5. The Balaban J connectivity index is 4.45. The molecule has 0 heterocycles. The maximum Gasteiger partial charge on any atom is 0.317 e. The third kappa shape index (κ3) is 6.84. The highest BCUT2D eigenvalue weighted by molar-refractivity contribution is 8.90. The molecule has 0 saturated heterocycles. The van der Waals surface area contributed by atoms with Gasteiger partial charge in [-0.2, -0.15) is 0 Å². The molecule has 16 heavy (non-hydrogen) atoms. The Kier molecular flexibility index (Phi) is 8.64. The Hall–Kier alpha value is 0.360. The van der Waals surface area contributed by atoms with Gasteiger partial charge in [-0.05, 0) is 18.1 Å². The van der Waals surface area contributed by atoms with Gasteiger partial charge >= 0.3 is 5.97 Å². The van der Waals surface area contributed by atoms with Crippen LogP contribution in [0.2, 0.25) is 0 Å². The van der Waals surface area contributed by atoms with Gasteiger partial charge in [0.25, 0.3) is 0 Å². The van der Waals surface area contributed by atoms with Gasteiger partial charge in [0.1, 0.15) is 0 Å². The first-order valence-electron chi connectivity index (χ1n) is 5.29. The molecule has 0 aromatic heterocycles. The molecule has 7 heteroatoms. The van der Waals surface area contributed by atoms with Crippen LogP contribution < -0.4 is 0 Å². The summed E-state index contributed by atoms with van der Waals surface area (Å²) in [7, 11) is 0. The number of hydrogen-bond acceptors (Lipinski definition) is 5. The standard InChI is InChI=1S/C9H20NO3PS2/c1-4-10(7-9(11)12)8-14(13,15-5-2)16-6-3/h4-8H2,1-3H3,(H,11,12). The lowest BCUT2D eigenvalue weighted by Gasteiger charge is -2.23. The van der Waals surface area contributed by atoms with Gasteiger partial charge in [0.05, 0.1) is 12.8 Å². The maximum absolute atomic E-state index is 12.5. The van der Waals surface area contributed by atoms with Crippen LogP contribution in [0.4, 0.5) is 0 Å². The van der Waals surface area contributed by atoms with E-state index < -0.39 is 11.5 Å². The smallest absolute Gasteiger partial charge is 0.317 e. The summed E-state index contributed by atoms with van der Waals surface area (Å²) in [4.78, 5) is 12.4. The minimum atomic E-state index is -2.35. The first-order chi connectivity index (χ1) is 7.47. The van der Waals surface area contributed by atoms with E-state index >= 15 is 0 Å². The average molecular weight is 285 g/mol. The quantitative estimate of drug-likeness (QED) is 0.657. The second-order valence-electron chi connectivity index (χ2n) is 3.13. The van der Waals surface area contributed by atoms with E-state index in [1.807, 2.05) is 20.8 Å². The SMILES string of the molecule is CCSP(=O)(CN(CC)CC(=O)O)SCC. The number of carboxylic acids is 1. The number of nitrogens with zero attached hydrogens (tertiary/aromatic N) is 1. The van der Waals surface area contributed by atoms with E-state index in [2.05, 4.69) is 0 Å². The Morgan fingerprint density at radius 2 is 1.75 bits per heavy atom. The lowest BCUT2D eigenvalue weighted by Crippen LogP contribution is -2.29. The highest BCUT2D eigenvalue weighted by Gasteiger charge is 2.25. The van der Waals surface area contributed by atoms with Gasteiger partial charge in [-0.1, -0.05) is 43.5 Å². The Bertz CT molecular complexity index is 253. The molecular formula is C9H20NO3PS2. The van der Waals surface area contributed by atoms with E-state index in [1.165, 1.54) is 22.8 Å². The molecule has 0 aliphatic rings. The van der Waals surface area contributed by atoms with Crippen LogP contribution >= 0.6 is 28.3 Å². The minimum absolute atomic E-state index is 0.0327. The molecule has 0 unspecified atom stereocenters. The van der Waals surface area contributed by atoms with Crippen LogP contribution in [0, 0.1) is 0 Å². The first-order valence-corrected chi connectivity index (χ1v) is 10.4. The van der Waals surface area contributed by atoms with Crippen LogP contribution in [-0.2, 0) is 9.36 Å². The van der Waals surface area contributed by atoms with E-state index in [4.69, 9.17) is 5.11 Å². The van der Waals surface area contributed by atoms with E-state index in [1.54, 1.807) is 4.90 Å². The first kappa shape index (κ1) is 16.4. The van der Waals surface area contributed by atoms with Crippen molar-refractivity contribution in [2.45, 2.75) is 20.8 Å². The molecule has 4 nitrogen and oxygen atoms in total. The third-order valence-electron chi connectivity index (χ3n) is 1.83. The number of carbonyl (C=O) groups is 1. The van der Waals surface area contributed by atoms with Crippen LogP contribution in [0.25, 0.3) is 0 Å². The van der Waals surface area contributed by atoms with Crippen molar-refractivity contribution in [2.75, 3.05) is 30.9 Å². The van der Waals surface area contributed by atoms with Crippen LogP contribution in [0.5, 0.6) is 0 Å². The van der Waals surface area contributed by atoms with E-state index in [-0.39, 0.29) is 6.54 Å². The molecule has 0 atom stereocenters. The summed E-state index contributed by atoms with van der Waals surface area (Å²) < 4.78 is 12.5. The van der Waals surface area contributed by atoms with Gasteiger partial charge in [-0.25, -0.2) is 0 Å². The molecule has 0 aliphatic heterocycles. The van der Waals surface area contributed by atoms with Gasteiger partial charge in [-0.3, -0.25) is 14.3 Å². The molecule has 0 aromatic carbocycles. The summed E-state index contributed by atoms with van der Waals surface area (Å²) in [5.41, 5.74) is -2.35. The van der Waals surface area contributed by atoms with Crippen molar-refractivity contribution in [3.63, 3.8) is 0 Å². The molecule has 0 rings (SSSR count). The van der Waals surface area contributed by atoms with E-state index in [0.29, 0.717) is 12.8 Å². The Morgan fingerprint density at radius 3 is 2.06 bits per heavy atom. The number of rotatable bonds is 9. The molecule has 0 fully saturated rings. The average Bonchev–Trinajstić information content (AvgIpc) is 2.16. The van der Waals surface area contributed by atoms with E-state index in [9.17, 15) is 9.36 Å². The molecule has 0 radical (unpaired) electrons. The van der Waals surface area contributed by atoms with Gasteiger partial charge in [0, 0.05) is 0 Å². The highest BCUT2D eigenvalue weighted by atomic mass is 33.1. The van der Waals surface area contributed by atoms with Crippen molar-refractivity contribution >= 4 is 34.3 Å². The molecule has 96 valence electrons. The fourth-order valence-corrected chi connectivity index (χ4v) is 9.65. The lowest BCUT2D eigenvalue weighted by atomic mass is 10.5. The molecule has 0 aromatic rings. The number of aliphatic carboxylic acids is 1. The van der Waals surface area contributed by atoms with E-state index in [0.717, 1.165) is 11.5 Å². The maximum atomic E-state index is 12.5. The number of carboxylic acid groups (broad SMARTS) is 1. The van der Waals surface area contributed by atoms with Crippen molar-refractivity contribution < 1.29 is 14.5 Å². The van der Waals surface area contributed by atoms with Gasteiger partial charge in [0.2, 0.25) is 5.55 Å². The highest BCUT2D eigenvalue weighted by Crippen LogP contribution is 2.68. The number of hydrogen-bond donors (Lipinski definition) is 1. The second kappa shape index (κ2) is 8.45. The van der Waals surface area contributed by atoms with Crippen molar-refractivity contribution in [3.05, 3.63) is 0 Å². The van der Waals surface area contributed by atoms with Crippen molar-refractivity contribution in [3.8, 4) is 0 Å². The second-order valence-corrected chi connectivity index (χ2v) is 12.1. The summed E-state index contributed by atoms with van der Waals surface area (Å²) in [5, 5.41) is 8.73. The minimum Gasteiger partial charge on any atom is -0.480 e. The largest absolute Gasteiger partial charge is 0.480 e. The molecular weight excluding hydrogens is 265 g/mol. The molecule has 0 bridgehead atoms. The number of likely N-dealkylation sites (N-methyl/N-ethyl adjacent to an activating group) is 1. The van der Waals surface area contributed by atoms with Gasteiger partial charge < -0.3 is 5.11 Å². The summed E-state index contributed by atoms with van der Waals surface area (Å²) in [5.74, 6) is 0.737. The topological polar surface area (TPSA) is 57.6 Å². The summed E-state index contributed by atoms with van der Waals surface area (Å²) in [6, 6.07) is 0. The van der Waals surface area contributed by atoms with Gasteiger partial charge in [0.15, 0.2) is 0 Å². The van der Waals surface area contributed by atoms with Crippen molar-refractivity contribution in [1.82, 2.24) is 4.90 Å². The van der Waals surface area contributed by atoms with Crippen molar-refractivity contribution in [1.29, 1.82) is 0 Å². The fourth-order valence-electron chi connectivity index (χ4n) is 1.21. The third-order valence-corrected chi connectivity index (χ3v) is 10.4. The molecule has 0 saturated carbocycles. The lowest BCUT2D eigenvalue weighted by molar-refractivity contribution is -0.138. The fraction of sp³-hybridized carbons (Fsp3) is 0.889. The zero-order valence-electron chi connectivity index (χ0n) is 10.0. The summed E-state index contributed by atoms with van der Waals surface area (Å²) in [6.45, 7) is 6.42. The summed E-state index contributed by atoms with van der Waals surface area (Å²) in [6.07, 6.45) is 0.382. The molecule has 1 N–H and O–H groups in total. The van der Waals surface area contributed by atoms with Crippen LogP contribution in [-0.4, -0.2) is 46.9 Å². The predicted molar refractivity (Wildman–Crippen MR) is 73.6 cm³/mol. The van der Waals surface area contributed by atoms with Crippen LogP contribution in [0.3, 0.4) is 0 Å².